The summed E-state index contributed by atoms with van der Waals surface area (Å²) in [6.45, 7) is 4.19. The van der Waals surface area contributed by atoms with Gasteiger partial charge in [-0.25, -0.2) is 0 Å². The van der Waals surface area contributed by atoms with Crippen LogP contribution in [0.3, 0.4) is 0 Å². The Morgan fingerprint density at radius 3 is 2.94 bits per heavy atom. The number of hydrogen-bond acceptors (Lipinski definition) is 5. The Kier molecular flexibility index (Phi) is 3.43. The summed E-state index contributed by atoms with van der Waals surface area (Å²) in [6, 6.07) is 0. The summed E-state index contributed by atoms with van der Waals surface area (Å²) >= 11 is 5.71. The molecule has 1 fully saturated rings. The Morgan fingerprint density at radius 2 is 2.25 bits per heavy atom. The molecule has 0 spiro atoms. The number of alkyl halides is 1. The van der Waals surface area contributed by atoms with Gasteiger partial charge in [0.15, 0.2) is 5.82 Å². The van der Waals surface area contributed by atoms with Crippen LogP contribution in [0.5, 0.6) is 0 Å². The number of halogens is 1. The molecule has 1 aromatic heterocycles. The Bertz CT molecular complexity index is 370. The maximum atomic E-state index is 5.71. The molecular weight excluding hydrogens is 226 g/mol. The number of nitrogens with two attached hydrogens (primary N) is 1. The Morgan fingerprint density at radius 1 is 1.44 bits per heavy atom. The number of anilines is 2. The molecule has 88 valence electrons. The second kappa shape index (κ2) is 4.82. The minimum absolute atomic E-state index is 0.249. The van der Waals surface area contributed by atoms with Gasteiger partial charge in [0.1, 0.15) is 0 Å². The zero-order valence-corrected chi connectivity index (χ0v) is 10.1. The van der Waals surface area contributed by atoms with Crippen LogP contribution < -0.4 is 10.6 Å². The maximum Gasteiger partial charge on any atom is 0.230 e. The van der Waals surface area contributed by atoms with E-state index in [4.69, 9.17) is 17.3 Å². The Balaban J connectivity index is 2.21. The predicted molar refractivity (Wildman–Crippen MR) is 64.4 cm³/mol. The molecule has 0 amide bonds. The standard InChI is InChI=1S/C10H16ClN5/c1-7-3-2-4-16(6-7)10-14-8(5-11)13-9(12)15-10/h7H,2-6H2,1H3,(H2,12,13,14,15)/t7-/m1/s1. The smallest absolute Gasteiger partial charge is 0.230 e. The fourth-order valence-corrected chi connectivity index (χ4v) is 2.12. The fraction of sp³-hybridized carbons (Fsp3) is 0.700. The van der Waals surface area contributed by atoms with Gasteiger partial charge in [0.25, 0.3) is 0 Å². The largest absolute Gasteiger partial charge is 0.368 e. The number of nitrogen functional groups attached to an aromatic ring is 1. The molecule has 1 aromatic rings. The van der Waals surface area contributed by atoms with E-state index in [0.717, 1.165) is 13.1 Å². The van der Waals surface area contributed by atoms with Crippen LogP contribution >= 0.6 is 11.6 Å². The maximum absolute atomic E-state index is 5.71. The van der Waals surface area contributed by atoms with E-state index in [1.54, 1.807) is 0 Å². The van der Waals surface area contributed by atoms with Crippen LogP contribution in [-0.4, -0.2) is 28.0 Å². The predicted octanol–water partition coefficient (Wildman–Crippen LogP) is 1.43. The van der Waals surface area contributed by atoms with Crippen molar-refractivity contribution in [3.05, 3.63) is 5.82 Å². The van der Waals surface area contributed by atoms with Gasteiger partial charge in [0.05, 0.1) is 5.88 Å². The van der Waals surface area contributed by atoms with Crippen LogP contribution in [0.15, 0.2) is 0 Å². The molecule has 0 saturated carbocycles. The van der Waals surface area contributed by atoms with Crippen molar-refractivity contribution >= 4 is 23.5 Å². The second-order valence-electron chi connectivity index (χ2n) is 4.24. The molecule has 6 heteroatoms. The van der Waals surface area contributed by atoms with Gasteiger partial charge in [-0.15, -0.1) is 11.6 Å². The van der Waals surface area contributed by atoms with E-state index in [1.807, 2.05) is 0 Å². The van der Waals surface area contributed by atoms with E-state index in [1.165, 1.54) is 12.8 Å². The molecule has 2 heterocycles. The Labute approximate surface area is 100 Å². The van der Waals surface area contributed by atoms with Crippen molar-refractivity contribution in [1.82, 2.24) is 15.0 Å². The first kappa shape index (κ1) is 11.4. The van der Waals surface area contributed by atoms with Crippen molar-refractivity contribution in [2.45, 2.75) is 25.6 Å². The van der Waals surface area contributed by atoms with E-state index >= 15 is 0 Å². The zero-order valence-electron chi connectivity index (χ0n) is 9.36. The summed E-state index contributed by atoms with van der Waals surface area (Å²) < 4.78 is 0. The number of rotatable bonds is 2. The normalized spacial score (nSPS) is 21.1. The first-order valence-corrected chi connectivity index (χ1v) is 6.04. The molecule has 0 bridgehead atoms. The lowest BCUT2D eigenvalue weighted by Crippen LogP contribution is -2.35. The molecule has 16 heavy (non-hydrogen) atoms. The molecule has 5 nitrogen and oxygen atoms in total. The van der Waals surface area contributed by atoms with Crippen LogP contribution in [-0.2, 0) is 5.88 Å². The van der Waals surface area contributed by atoms with Crippen LogP contribution in [0.25, 0.3) is 0 Å². The number of nitrogens with zero attached hydrogens (tertiary/aromatic N) is 4. The first-order chi connectivity index (χ1) is 7.69. The highest BCUT2D eigenvalue weighted by Gasteiger charge is 2.19. The lowest BCUT2D eigenvalue weighted by atomic mass is 10.0. The van der Waals surface area contributed by atoms with Crippen molar-refractivity contribution in [3.8, 4) is 0 Å². The third-order valence-electron chi connectivity index (χ3n) is 2.75. The van der Waals surface area contributed by atoms with Gasteiger partial charge < -0.3 is 10.6 Å². The molecule has 2 N–H and O–H groups in total. The SMILES string of the molecule is C[C@@H]1CCCN(c2nc(N)nc(CCl)n2)C1. The molecule has 1 atom stereocenters. The quantitative estimate of drug-likeness (QED) is 0.794. The molecular formula is C10H16ClN5. The van der Waals surface area contributed by atoms with Crippen molar-refractivity contribution in [3.63, 3.8) is 0 Å². The average molecular weight is 242 g/mol. The molecule has 1 aliphatic rings. The second-order valence-corrected chi connectivity index (χ2v) is 4.50. The number of hydrogen-bond donors (Lipinski definition) is 1. The lowest BCUT2D eigenvalue weighted by molar-refractivity contribution is 0.441. The topological polar surface area (TPSA) is 67.9 Å². The summed E-state index contributed by atoms with van der Waals surface area (Å²) in [7, 11) is 0. The molecule has 1 aliphatic heterocycles. The third-order valence-corrected chi connectivity index (χ3v) is 2.99. The Hall–Kier alpha value is -1.10. The summed E-state index contributed by atoms with van der Waals surface area (Å²) in [5.74, 6) is 2.39. The minimum atomic E-state index is 0.249. The molecule has 2 rings (SSSR count). The van der Waals surface area contributed by atoms with E-state index in [2.05, 4.69) is 26.8 Å². The molecule has 0 radical (unpaired) electrons. The zero-order chi connectivity index (χ0) is 11.5. The number of piperidine rings is 1. The number of aromatic nitrogens is 3. The summed E-state index contributed by atoms with van der Waals surface area (Å²) in [6.07, 6.45) is 2.43. The van der Waals surface area contributed by atoms with Crippen LogP contribution in [0, 0.1) is 5.92 Å². The van der Waals surface area contributed by atoms with Crippen molar-refractivity contribution in [2.24, 2.45) is 5.92 Å². The van der Waals surface area contributed by atoms with Gasteiger partial charge in [-0.3, -0.25) is 0 Å². The van der Waals surface area contributed by atoms with Crippen LogP contribution in [0.4, 0.5) is 11.9 Å². The molecule has 0 aromatic carbocycles. The minimum Gasteiger partial charge on any atom is -0.368 e. The van der Waals surface area contributed by atoms with E-state index in [-0.39, 0.29) is 11.8 Å². The van der Waals surface area contributed by atoms with Crippen molar-refractivity contribution in [1.29, 1.82) is 0 Å². The van der Waals surface area contributed by atoms with Gasteiger partial charge in [-0.2, -0.15) is 15.0 Å². The molecule has 1 saturated heterocycles. The highest BCUT2D eigenvalue weighted by atomic mass is 35.5. The van der Waals surface area contributed by atoms with Gasteiger partial charge in [0, 0.05) is 13.1 Å². The van der Waals surface area contributed by atoms with E-state index in [0.29, 0.717) is 17.7 Å². The summed E-state index contributed by atoms with van der Waals surface area (Å²) in [5, 5.41) is 0. The monoisotopic (exact) mass is 241 g/mol. The van der Waals surface area contributed by atoms with Gasteiger partial charge in [0.2, 0.25) is 11.9 Å². The van der Waals surface area contributed by atoms with Crippen LogP contribution in [0.1, 0.15) is 25.6 Å². The lowest BCUT2D eigenvalue weighted by Gasteiger charge is -2.30. The first-order valence-electron chi connectivity index (χ1n) is 5.50. The fourth-order valence-electron chi connectivity index (χ4n) is 2.00. The highest BCUT2D eigenvalue weighted by Crippen LogP contribution is 2.20. The van der Waals surface area contributed by atoms with E-state index in [9.17, 15) is 0 Å². The summed E-state index contributed by atoms with van der Waals surface area (Å²) in [4.78, 5) is 14.6. The third kappa shape index (κ3) is 2.52. The van der Waals surface area contributed by atoms with Crippen molar-refractivity contribution in [2.75, 3.05) is 23.7 Å². The van der Waals surface area contributed by atoms with Gasteiger partial charge in [-0.1, -0.05) is 6.92 Å². The molecule has 0 aliphatic carbocycles. The van der Waals surface area contributed by atoms with Crippen molar-refractivity contribution < 1.29 is 0 Å². The van der Waals surface area contributed by atoms with E-state index < -0.39 is 0 Å². The summed E-state index contributed by atoms with van der Waals surface area (Å²) in [5.41, 5.74) is 5.63. The average Bonchev–Trinajstić information content (AvgIpc) is 2.28. The van der Waals surface area contributed by atoms with Gasteiger partial charge in [-0.05, 0) is 18.8 Å². The highest BCUT2D eigenvalue weighted by molar-refractivity contribution is 6.16. The van der Waals surface area contributed by atoms with Gasteiger partial charge >= 0.3 is 0 Å². The molecule has 0 unspecified atom stereocenters. The van der Waals surface area contributed by atoms with Crippen LogP contribution in [0.2, 0.25) is 0 Å².